The maximum absolute atomic E-state index is 5.99. The first-order valence-corrected chi connectivity index (χ1v) is 8.03. The highest BCUT2D eigenvalue weighted by Gasteiger charge is 2.24. The quantitative estimate of drug-likeness (QED) is 0.482. The standard InChI is InChI=1S/C19H16N2S/c1-13-7-9-16-17-12-14(20)8-10-19(17)22-21(18(16)11-13)15-5-3-2-4-6-15/h2-12H,20H2,1H3. The van der Waals surface area contributed by atoms with Crippen molar-refractivity contribution in [3.63, 3.8) is 0 Å². The van der Waals surface area contributed by atoms with E-state index in [4.69, 9.17) is 5.73 Å². The van der Waals surface area contributed by atoms with Crippen LogP contribution in [0.25, 0.3) is 11.1 Å². The van der Waals surface area contributed by atoms with E-state index in [0.717, 1.165) is 5.69 Å². The van der Waals surface area contributed by atoms with Crippen molar-refractivity contribution in [3.8, 4) is 11.1 Å². The van der Waals surface area contributed by atoms with Gasteiger partial charge in [0.25, 0.3) is 0 Å². The molecule has 0 aliphatic carbocycles. The summed E-state index contributed by atoms with van der Waals surface area (Å²) in [5, 5.41) is 0. The van der Waals surface area contributed by atoms with Gasteiger partial charge in [0.05, 0.1) is 11.4 Å². The summed E-state index contributed by atoms with van der Waals surface area (Å²) in [6, 6.07) is 23.2. The molecule has 3 aromatic rings. The maximum Gasteiger partial charge on any atom is 0.0610 e. The summed E-state index contributed by atoms with van der Waals surface area (Å²) in [7, 11) is 0. The topological polar surface area (TPSA) is 29.3 Å². The molecular formula is C19H16N2S. The molecule has 108 valence electrons. The average molecular weight is 304 g/mol. The minimum atomic E-state index is 0.805. The maximum atomic E-state index is 5.99. The van der Waals surface area contributed by atoms with Gasteiger partial charge in [-0.1, -0.05) is 30.3 Å². The molecule has 0 aromatic heterocycles. The number of rotatable bonds is 1. The van der Waals surface area contributed by atoms with Crippen molar-refractivity contribution in [1.82, 2.24) is 0 Å². The predicted molar refractivity (Wildman–Crippen MR) is 95.5 cm³/mol. The van der Waals surface area contributed by atoms with E-state index in [1.807, 2.05) is 12.1 Å². The van der Waals surface area contributed by atoms with E-state index in [9.17, 15) is 0 Å². The molecule has 0 bridgehead atoms. The number of hydrogen-bond donors (Lipinski definition) is 1. The molecule has 3 heteroatoms. The largest absolute Gasteiger partial charge is 0.399 e. The summed E-state index contributed by atoms with van der Waals surface area (Å²) in [5.41, 5.74) is 12.9. The highest BCUT2D eigenvalue weighted by atomic mass is 32.2. The number of anilines is 3. The van der Waals surface area contributed by atoms with Gasteiger partial charge in [-0.25, -0.2) is 0 Å². The van der Waals surface area contributed by atoms with Crippen LogP contribution in [0.5, 0.6) is 0 Å². The van der Waals surface area contributed by atoms with Crippen LogP contribution in [-0.4, -0.2) is 0 Å². The van der Waals surface area contributed by atoms with Crippen LogP contribution in [0.1, 0.15) is 5.56 Å². The number of nitrogens with two attached hydrogens (primary N) is 1. The molecule has 3 aromatic carbocycles. The third-order valence-corrected chi connectivity index (χ3v) is 4.99. The highest BCUT2D eigenvalue weighted by Crippen LogP contribution is 2.50. The molecule has 2 nitrogen and oxygen atoms in total. The summed E-state index contributed by atoms with van der Waals surface area (Å²) >= 11 is 1.75. The lowest BCUT2D eigenvalue weighted by Crippen LogP contribution is -2.12. The van der Waals surface area contributed by atoms with Crippen LogP contribution < -0.4 is 10.0 Å². The molecule has 0 atom stereocenters. The van der Waals surface area contributed by atoms with E-state index in [2.05, 4.69) is 65.8 Å². The third-order valence-electron chi connectivity index (χ3n) is 3.85. The second kappa shape index (κ2) is 5.11. The second-order valence-electron chi connectivity index (χ2n) is 5.50. The number of nitrogen functional groups attached to an aromatic ring is 1. The fourth-order valence-electron chi connectivity index (χ4n) is 2.78. The van der Waals surface area contributed by atoms with Gasteiger partial charge in [0.2, 0.25) is 0 Å². The molecule has 0 spiro atoms. The third kappa shape index (κ3) is 2.14. The van der Waals surface area contributed by atoms with E-state index >= 15 is 0 Å². The lowest BCUT2D eigenvalue weighted by Gasteiger charge is -2.31. The van der Waals surface area contributed by atoms with Crippen molar-refractivity contribution < 1.29 is 0 Å². The Balaban J connectivity index is 1.95. The first kappa shape index (κ1) is 13.3. The average Bonchev–Trinajstić information content (AvgIpc) is 2.55. The lowest BCUT2D eigenvalue weighted by molar-refractivity contribution is 1.32. The van der Waals surface area contributed by atoms with Gasteiger partial charge in [0.1, 0.15) is 0 Å². The van der Waals surface area contributed by atoms with Gasteiger partial charge < -0.3 is 5.73 Å². The Morgan fingerprint density at radius 2 is 1.68 bits per heavy atom. The van der Waals surface area contributed by atoms with E-state index < -0.39 is 0 Å². The Bertz CT molecular complexity index is 843. The van der Waals surface area contributed by atoms with Crippen molar-refractivity contribution in [2.75, 3.05) is 10.0 Å². The SMILES string of the molecule is Cc1ccc2c(c1)N(c1ccccc1)Sc1ccc(N)cc1-2. The van der Waals surface area contributed by atoms with Crippen molar-refractivity contribution in [2.24, 2.45) is 0 Å². The fraction of sp³-hybridized carbons (Fsp3) is 0.0526. The highest BCUT2D eigenvalue weighted by molar-refractivity contribution is 8.01. The molecule has 0 unspecified atom stereocenters. The van der Waals surface area contributed by atoms with Crippen LogP contribution in [0.2, 0.25) is 0 Å². The predicted octanol–water partition coefficient (Wildman–Crippen LogP) is 5.40. The summed E-state index contributed by atoms with van der Waals surface area (Å²) in [6.07, 6.45) is 0. The van der Waals surface area contributed by atoms with Crippen LogP contribution in [0, 0.1) is 6.92 Å². The molecule has 2 N–H and O–H groups in total. The molecule has 4 rings (SSSR count). The molecule has 0 amide bonds. The number of nitrogens with zero attached hydrogens (tertiary/aromatic N) is 1. The Kier molecular flexibility index (Phi) is 3.09. The zero-order chi connectivity index (χ0) is 15.1. The molecule has 1 heterocycles. The molecular weight excluding hydrogens is 288 g/mol. The molecule has 22 heavy (non-hydrogen) atoms. The first-order chi connectivity index (χ1) is 10.7. The van der Waals surface area contributed by atoms with E-state index in [1.165, 1.54) is 33.0 Å². The van der Waals surface area contributed by atoms with E-state index in [1.54, 1.807) is 11.9 Å². The number of fused-ring (bicyclic) bond motifs is 3. The first-order valence-electron chi connectivity index (χ1n) is 7.26. The number of benzene rings is 3. The van der Waals surface area contributed by atoms with Gasteiger partial charge in [-0.2, -0.15) is 0 Å². The van der Waals surface area contributed by atoms with Crippen LogP contribution in [0.4, 0.5) is 17.1 Å². The molecule has 0 radical (unpaired) electrons. The Hall–Kier alpha value is -2.39. The van der Waals surface area contributed by atoms with E-state index in [0.29, 0.717) is 0 Å². The van der Waals surface area contributed by atoms with Gasteiger partial charge >= 0.3 is 0 Å². The van der Waals surface area contributed by atoms with Crippen molar-refractivity contribution in [1.29, 1.82) is 0 Å². The number of para-hydroxylation sites is 1. The van der Waals surface area contributed by atoms with Crippen molar-refractivity contribution in [3.05, 3.63) is 72.3 Å². The van der Waals surface area contributed by atoms with Gasteiger partial charge in [-0.3, -0.25) is 4.31 Å². The van der Waals surface area contributed by atoms with Gasteiger partial charge in [-0.15, -0.1) is 0 Å². The zero-order valence-corrected chi connectivity index (χ0v) is 13.1. The van der Waals surface area contributed by atoms with Crippen LogP contribution in [0.3, 0.4) is 0 Å². The normalized spacial score (nSPS) is 12.7. The summed E-state index contributed by atoms with van der Waals surface area (Å²) in [4.78, 5) is 1.23. The van der Waals surface area contributed by atoms with Crippen LogP contribution in [-0.2, 0) is 0 Å². The molecule has 1 aliphatic heterocycles. The molecule has 0 saturated carbocycles. The number of aryl methyl sites for hydroxylation is 1. The minimum Gasteiger partial charge on any atom is -0.399 e. The molecule has 0 saturated heterocycles. The molecule has 1 aliphatic rings. The minimum absolute atomic E-state index is 0.805. The Labute approximate surface area is 134 Å². The zero-order valence-electron chi connectivity index (χ0n) is 12.3. The van der Waals surface area contributed by atoms with Crippen molar-refractivity contribution in [2.45, 2.75) is 11.8 Å². The van der Waals surface area contributed by atoms with Crippen LogP contribution in [0.15, 0.2) is 71.6 Å². The van der Waals surface area contributed by atoms with E-state index in [-0.39, 0.29) is 0 Å². The van der Waals surface area contributed by atoms with Crippen LogP contribution >= 0.6 is 11.9 Å². The second-order valence-corrected chi connectivity index (χ2v) is 6.48. The fourth-order valence-corrected chi connectivity index (χ4v) is 3.85. The Morgan fingerprint density at radius 1 is 0.864 bits per heavy atom. The van der Waals surface area contributed by atoms with Gasteiger partial charge in [0.15, 0.2) is 0 Å². The Morgan fingerprint density at radius 3 is 2.50 bits per heavy atom. The lowest BCUT2D eigenvalue weighted by atomic mass is 10.0. The van der Waals surface area contributed by atoms with Crippen molar-refractivity contribution >= 4 is 29.0 Å². The van der Waals surface area contributed by atoms with Gasteiger partial charge in [-0.05, 0) is 60.8 Å². The summed E-state index contributed by atoms with van der Waals surface area (Å²) in [6.45, 7) is 2.13. The van der Waals surface area contributed by atoms with Gasteiger partial charge in [0, 0.05) is 21.7 Å². The smallest absolute Gasteiger partial charge is 0.0610 e. The summed E-state index contributed by atoms with van der Waals surface area (Å²) in [5.74, 6) is 0. The summed E-state index contributed by atoms with van der Waals surface area (Å²) < 4.78 is 2.29. The monoisotopic (exact) mass is 304 g/mol. The molecule has 0 fully saturated rings. The number of hydrogen-bond acceptors (Lipinski definition) is 3.